The molecule has 2 aliphatic heterocycles. The molecule has 2 heterocycles. The molecule has 8 nitrogen and oxygen atoms in total. The van der Waals surface area contributed by atoms with Crippen molar-refractivity contribution in [1.29, 1.82) is 0 Å². The Labute approximate surface area is 181 Å². The minimum Gasteiger partial charge on any atom is -0.475 e. The number of carbonyl (C=O) groups excluding carboxylic acids is 3. The molecule has 0 aliphatic carbocycles. The summed E-state index contributed by atoms with van der Waals surface area (Å²) < 4.78 is 45.0. The van der Waals surface area contributed by atoms with Gasteiger partial charge in [0.2, 0.25) is 17.7 Å². The molecule has 1 aromatic rings. The molecule has 0 saturated carbocycles. The lowest BCUT2D eigenvalue weighted by Crippen LogP contribution is -2.49. The summed E-state index contributed by atoms with van der Waals surface area (Å²) in [4.78, 5) is 48.8. The van der Waals surface area contributed by atoms with Crippen LogP contribution in [0.5, 0.6) is 0 Å². The van der Waals surface area contributed by atoms with Gasteiger partial charge < -0.3 is 20.2 Å². The van der Waals surface area contributed by atoms with E-state index in [4.69, 9.17) is 9.90 Å². The number of halogens is 4. The number of aliphatic carboxylic acids is 1. The molecule has 0 spiro atoms. The molecule has 2 N–H and O–H groups in total. The van der Waals surface area contributed by atoms with Crippen LogP contribution < -0.4 is 5.32 Å². The Kier molecular flexibility index (Phi) is 7.81. The van der Waals surface area contributed by atoms with E-state index in [1.54, 1.807) is 29.0 Å². The number of nitrogens with one attached hydrogen (secondary N) is 1. The van der Waals surface area contributed by atoms with Gasteiger partial charge in [0.25, 0.3) is 0 Å². The van der Waals surface area contributed by atoms with E-state index in [1.165, 1.54) is 19.1 Å². The van der Waals surface area contributed by atoms with Crippen LogP contribution in [0.3, 0.4) is 0 Å². The van der Waals surface area contributed by atoms with Crippen LogP contribution in [-0.2, 0) is 25.6 Å². The summed E-state index contributed by atoms with van der Waals surface area (Å²) in [6.07, 6.45) is -4.39. The van der Waals surface area contributed by atoms with Crippen LogP contribution in [0, 0.1) is 11.7 Å². The summed E-state index contributed by atoms with van der Waals surface area (Å²) in [5.74, 6) is -3.42. The number of carboxylic acid groups (broad SMARTS) is 1. The highest BCUT2D eigenvalue weighted by Gasteiger charge is 2.50. The second-order valence-corrected chi connectivity index (χ2v) is 7.53. The smallest absolute Gasteiger partial charge is 0.475 e. The molecule has 1 aromatic carbocycles. The molecule has 2 saturated heterocycles. The van der Waals surface area contributed by atoms with E-state index in [-0.39, 0.29) is 41.9 Å². The fourth-order valence-electron chi connectivity index (χ4n) is 4.02. The summed E-state index contributed by atoms with van der Waals surface area (Å²) >= 11 is 0. The topological polar surface area (TPSA) is 107 Å². The van der Waals surface area contributed by atoms with Crippen molar-refractivity contribution in [1.82, 2.24) is 15.1 Å². The van der Waals surface area contributed by atoms with E-state index in [0.717, 1.165) is 0 Å². The Morgan fingerprint density at radius 3 is 2.31 bits per heavy atom. The number of carbonyl (C=O) groups is 4. The highest BCUT2D eigenvalue weighted by Crippen LogP contribution is 2.36. The number of amides is 3. The van der Waals surface area contributed by atoms with Crippen LogP contribution in [0.4, 0.5) is 17.6 Å². The van der Waals surface area contributed by atoms with Gasteiger partial charge in [0.05, 0.1) is 12.5 Å². The Hall–Kier alpha value is -3.18. The number of fused-ring (bicyclic) bond motifs is 1. The van der Waals surface area contributed by atoms with Gasteiger partial charge in [0.1, 0.15) is 11.9 Å². The molecule has 2 aliphatic rings. The van der Waals surface area contributed by atoms with Gasteiger partial charge in [-0.3, -0.25) is 14.4 Å². The van der Waals surface area contributed by atoms with E-state index < -0.39 is 18.2 Å². The van der Waals surface area contributed by atoms with Crippen LogP contribution in [0.1, 0.15) is 18.9 Å². The zero-order chi connectivity index (χ0) is 24.2. The minimum absolute atomic E-state index is 0.0833. The molecular weight excluding hydrogens is 438 g/mol. The lowest BCUT2D eigenvalue weighted by atomic mass is 10.0. The normalized spacial score (nSPS) is 22.0. The maximum Gasteiger partial charge on any atom is 0.490 e. The zero-order valence-electron chi connectivity index (χ0n) is 17.4. The fourth-order valence-corrected chi connectivity index (χ4v) is 4.02. The summed E-state index contributed by atoms with van der Waals surface area (Å²) in [7, 11) is 1.56. The number of likely N-dealkylation sites (tertiary alicyclic amines) is 2. The van der Waals surface area contributed by atoms with Crippen LogP contribution in [0.25, 0.3) is 0 Å². The van der Waals surface area contributed by atoms with E-state index in [1.807, 2.05) is 0 Å². The lowest BCUT2D eigenvalue weighted by Gasteiger charge is -2.28. The van der Waals surface area contributed by atoms with E-state index in [0.29, 0.717) is 25.1 Å². The van der Waals surface area contributed by atoms with Gasteiger partial charge in [-0.1, -0.05) is 12.1 Å². The first-order valence-electron chi connectivity index (χ1n) is 9.68. The zero-order valence-corrected chi connectivity index (χ0v) is 17.4. The third-order valence-electron chi connectivity index (χ3n) is 5.38. The first-order valence-corrected chi connectivity index (χ1v) is 9.68. The molecule has 0 aromatic heterocycles. The molecule has 3 rings (SSSR count). The number of hydrogen-bond acceptors (Lipinski definition) is 4. The van der Waals surface area contributed by atoms with Crippen LogP contribution in [0.2, 0.25) is 0 Å². The number of benzene rings is 1. The highest BCUT2D eigenvalue weighted by molar-refractivity contribution is 5.88. The van der Waals surface area contributed by atoms with Gasteiger partial charge in [-0.25, -0.2) is 9.18 Å². The largest absolute Gasteiger partial charge is 0.490 e. The molecular formula is C20H23F4N3O5. The van der Waals surface area contributed by atoms with E-state index in [9.17, 15) is 31.9 Å². The summed E-state index contributed by atoms with van der Waals surface area (Å²) in [6.45, 7) is 2.40. The highest BCUT2D eigenvalue weighted by atomic mass is 19.4. The summed E-state index contributed by atoms with van der Waals surface area (Å²) in [5, 5.41) is 9.73. The maximum atomic E-state index is 13.3. The monoisotopic (exact) mass is 461 g/mol. The van der Waals surface area contributed by atoms with Crippen LogP contribution in [0.15, 0.2) is 24.3 Å². The first-order chi connectivity index (χ1) is 14.8. The fraction of sp³-hybridized carbons (Fsp3) is 0.500. The molecule has 32 heavy (non-hydrogen) atoms. The molecule has 0 radical (unpaired) electrons. The number of carboxylic acids is 1. The van der Waals surface area contributed by atoms with Crippen LogP contribution in [-0.4, -0.2) is 77.0 Å². The minimum atomic E-state index is -5.08. The quantitative estimate of drug-likeness (QED) is 0.658. The third kappa shape index (κ3) is 5.95. The standard InChI is InChI=1S/C18H22FN3O3.C2HF3O2/c1-11(23)22-15(18(25)20-2)8-13-9-21(10-16(13)22)17(24)7-12-4-3-5-14(19)6-12;3-2(4,5)1(6)7/h3-6,13,15-16H,7-10H2,1-2H3,(H,20,25);(H,6,7)/t13-,15-,16+;/m1./s1. The van der Waals surface area contributed by atoms with Crippen LogP contribution >= 0.6 is 0 Å². The Bertz CT molecular complexity index is 892. The molecule has 0 unspecified atom stereocenters. The van der Waals surface area contributed by atoms with E-state index in [2.05, 4.69) is 5.32 Å². The molecule has 0 bridgehead atoms. The van der Waals surface area contributed by atoms with E-state index >= 15 is 0 Å². The Morgan fingerprint density at radius 2 is 1.81 bits per heavy atom. The SMILES string of the molecule is CNC(=O)[C@H]1C[C@@H]2CN(C(=O)Cc3cccc(F)c3)C[C@@H]2N1C(C)=O.O=C(O)C(F)(F)F. The average molecular weight is 461 g/mol. The van der Waals surface area contributed by atoms with Gasteiger partial charge in [-0.15, -0.1) is 0 Å². The third-order valence-corrected chi connectivity index (χ3v) is 5.38. The summed E-state index contributed by atoms with van der Waals surface area (Å²) in [5.41, 5.74) is 0.633. The number of nitrogens with zero attached hydrogens (tertiary/aromatic N) is 2. The van der Waals surface area contributed by atoms with Gasteiger partial charge in [0, 0.05) is 33.0 Å². The van der Waals surface area contributed by atoms with Gasteiger partial charge in [-0.2, -0.15) is 13.2 Å². The van der Waals surface area contributed by atoms with Crippen molar-refractivity contribution >= 4 is 23.7 Å². The van der Waals surface area contributed by atoms with Crippen molar-refractivity contribution in [3.05, 3.63) is 35.6 Å². The number of hydrogen-bond donors (Lipinski definition) is 2. The van der Waals surface area contributed by atoms with Gasteiger partial charge in [-0.05, 0) is 24.1 Å². The van der Waals surface area contributed by atoms with Crippen molar-refractivity contribution in [3.8, 4) is 0 Å². The lowest BCUT2D eigenvalue weighted by molar-refractivity contribution is -0.192. The van der Waals surface area contributed by atoms with Crippen molar-refractivity contribution in [2.75, 3.05) is 20.1 Å². The average Bonchev–Trinajstić information content (AvgIpc) is 3.24. The summed E-state index contributed by atoms with van der Waals surface area (Å²) in [6, 6.07) is 5.42. The molecule has 3 amide bonds. The van der Waals surface area contributed by atoms with Crippen molar-refractivity contribution in [2.24, 2.45) is 5.92 Å². The Balaban J connectivity index is 0.000000451. The van der Waals surface area contributed by atoms with Gasteiger partial charge >= 0.3 is 12.1 Å². The van der Waals surface area contributed by atoms with Crippen molar-refractivity contribution in [3.63, 3.8) is 0 Å². The molecule has 3 atom stereocenters. The number of likely N-dealkylation sites (N-methyl/N-ethyl adjacent to an activating group) is 1. The van der Waals surface area contributed by atoms with Gasteiger partial charge in [0.15, 0.2) is 0 Å². The first kappa shape index (κ1) is 25.1. The molecule has 12 heteroatoms. The molecule has 176 valence electrons. The second-order valence-electron chi connectivity index (χ2n) is 7.53. The predicted molar refractivity (Wildman–Crippen MR) is 103 cm³/mol. The Morgan fingerprint density at radius 1 is 1.19 bits per heavy atom. The van der Waals surface area contributed by atoms with Crippen molar-refractivity contribution in [2.45, 2.75) is 38.0 Å². The maximum absolute atomic E-state index is 13.3. The number of alkyl halides is 3. The predicted octanol–water partition coefficient (Wildman–Crippen LogP) is 1.20. The number of rotatable bonds is 3. The molecule has 2 fully saturated rings. The van der Waals surface area contributed by atoms with Crippen molar-refractivity contribution < 1.29 is 41.8 Å². The second kappa shape index (κ2) is 9.96.